The maximum atomic E-state index is 10.8. The summed E-state index contributed by atoms with van der Waals surface area (Å²) in [6, 6.07) is -0.336. The fourth-order valence-corrected chi connectivity index (χ4v) is 2.73. The number of aliphatic hydroxyl groups is 1. The smallest absolute Gasteiger partial charge is 0.430 e. The molecule has 5 nitrogen and oxygen atoms in total. The van der Waals surface area contributed by atoms with Crippen molar-refractivity contribution in [2.75, 3.05) is 6.61 Å². The molecule has 0 aromatic rings. The van der Waals surface area contributed by atoms with Gasteiger partial charge in [0.1, 0.15) is 12.7 Å². The van der Waals surface area contributed by atoms with Gasteiger partial charge in [0.25, 0.3) is 0 Å². The third-order valence-electron chi connectivity index (χ3n) is 3.76. The van der Waals surface area contributed by atoms with Gasteiger partial charge in [-0.2, -0.15) is 0 Å². The molecule has 2 fully saturated rings. The molecule has 0 radical (unpaired) electrons. The van der Waals surface area contributed by atoms with Gasteiger partial charge in [-0.05, 0) is 12.3 Å². The first kappa shape index (κ1) is 12.6. The zero-order valence-corrected chi connectivity index (χ0v) is 10.0. The fraction of sp³-hybridized carbons (Fsp3) is 0.917. The number of cyclic esters (lactones) is 2. The molecule has 17 heavy (non-hydrogen) atoms. The van der Waals surface area contributed by atoms with Crippen LogP contribution in [0.5, 0.6) is 0 Å². The van der Waals surface area contributed by atoms with E-state index >= 15 is 0 Å². The van der Waals surface area contributed by atoms with E-state index in [0.29, 0.717) is 5.92 Å². The minimum atomic E-state index is -0.816. The van der Waals surface area contributed by atoms with Gasteiger partial charge in [-0.1, -0.05) is 32.1 Å². The van der Waals surface area contributed by atoms with Gasteiger partial charge in [0.2, 0.25) is 0 Å². The van der Waals surface area contributed by atoms with Crippen LogP contribution in [-0.2, 0) is 9.47 Å². The molecule has 3 atom stereocenters. The molecule has 1 saturated heterocycles. The molecular formula is C12H21NO4. The first-order valence-corrected chi connectivity index (χ1v) is 6.44. The maximum Gasteiger partial charge on any atom is 0.508 e. The lowest BCUT2D eigenvalue weighted by molar-refractivity contribution is 0.0119. The van der Waals surface area contributed by atoms with Crippen LogP contribution in [0.4, 0.5) is 4.79 Å². The van der Waals surface area contributed by atoms with E-state index in [4.69, 9.17) is 10.5 Å². The van der Waals surface area contributed by atoms with E-state index in [9.17, 15) is 9.90 Å². The third-order valence-corrected chi connectivity index (χ3v) is 3.76. The molecule has 0 spiro atoms. The van der Waals surface area contributed by atoms with Gasteiger partial charge in [-0.25, -0.2) is 4.79 Å². The molecule has 0 aromatic carbocycles. The zero-order valence-electron chi connectivity index (χ0n) is 10.0. The zero-order chi connectivity index (χ0) is 12.3. The summed E-state index contributed by atoms with van der Waals surface area (Å²) in [5, 5.41) is 9.98. The van der Waals surface area contributed by atoms with Crippen LogP contribution in [0.3, 0.4) is 0 Å². The Bertz CT molecular complexity index is 265. The lowest BCUT2D eigenvalue weighted by atomic mass is 9.83. The Morgan fingerprint density at radius 3 is 2.65 bits per heavy atom. The Labute approximate surface area is 101 Å². The van der Waals surface area contributed by atoms with Crippen LogP contribution in [-0.4, -0.2) is 36.1 Å². The van der Waals surface area contributed by atoms with E-state index in [1.54, 1.807) is 0 Å². The molecule has 2 rings (SSSR count). The van der Waals surface area contributed by atoms with E-state index < -0.39 is 18.4 Å². The topological polar surface area (TPSA) is 81.8 Å². The number of hydrogen-bond acceptors (Lipinski definition) is 5. The molecule has 1 saturated carbocycles. The molecule has 0 bridgehead atoms. The van der Waals surface area contributed by atoms with Crippen molar-refractivity contribution in [3.8, 4) is 0 Å². The molecule has 0 amide bonds. The molecule has 0 aromatic heterocycles. The van der Waals surface area contributed by atoms with Gasteiger partial charge in [-0.3, -0.25) is 0 Å². The predicted molar refractivity (Wildman–Crippen MR) is 61.4 cm³/mol. The Morgan fingerprint density at radius 1 is 1.35 bits per heavy atom. The SMILES string of the molecule is NC(CC1CCCCC1)C(O)[C@@H]1COC(=O)O1. The highest BCUT2D eigenvalue weighted by Crippen LogP contribution is 2.28. The van der Waals surface area contributed by atoms with E-state index in [0.717, 1.165) is 6.42 Å². The molecule has 5 heteroatoms. The summed E-state index contributed by atoms with van der Waals surface area (Å²) in [4.78, 5) is 10.8. The number of ether oxygens (including phenoxy) is 2. The van der Waals surface area contributed by atoms with Crippen molar-refractivity contribution in [1.29, 1.82) is 0 Å². The standard InChI is InChI=1S/C12H21NO4/c13-9(6-8-4-2-1-3-5-8)11(14)10-7-16-12(15)17-10/h8-11,14H,1-7,13H2/t9?,10-,11?/m0/s1. The average Bonchev–Trinajstić information content (AvgIpc) is 2.76. The molecule has 2 aliphatic rings. The van der Waals surface area contributed by atoms with Crippen LogP contribution >= 0.6 is 0 Å². The summed E-state index contributed by atoms with van der Waals surface area (Å²) in [6.45, 7) is 0.109. The van der Waals surface area contributed by atoms with Crippen LogP contribution in [0.1, 0.15) is 38.5 Å². The van der Waals surface area contributed by atoms with Crippen molar-refractivity contribution in [3.63, 3.8) is 0 Å². The Balaban J connectivity index is 1.77. The van der Waals surface area contributed by atoms with Crippen molar-refractivity contribution >= 4 is 6.16 Å². The Kier molecular flexibility index (Phi) is 4.23. The van der Waals surface area contributed by atoms with E-state index in [1.807, 2.05) is 0 Å². The molecule has 2 unspecified atom stereocenters. The second kappa shape index (κ2) is 5.69. The normalized spacial score (nSPS) is 29.5. The molecule has 1 heterocycles. The van der Waals surface area contributed by atoms with Crippen LogP contribution in [0.25, 0.3) is 0 Å². The predicted octanol–water partition coefficient (Wildman–Crippen LogP) is 1.18. The summed E-state index contributed by atoms with van der Waals surface area (Å²) >= 11 is 0. The largest absolute Gasteiger partial charge is 0.508 e. The number of nitrogens with two attached hydrogens (primary N) is 1. The summed E-state index contributed by atoms with van der Waals surface area (Å²) < 4.78 is 9.49. The summed E-state index contributed by atoms with van der Waals surface area (Å²) in [6.07, 6.45) is 4.90. The van der Waals surface area contributed by atoms with Crippen LogP contribution in [0.15, 0.2) is 0 Å². The van der Waals surface area contributed by atoms with Crippen molar-refractivity contribution in [3.05, 3.63) is 0 Å². The highest BCUT2D eigenvalue weighted by Gasteiger charge is 2.35. The lowest BCUT2D eigenvalue weighted by Gasteiger charge is -2.28. The first-order chi connectivity index (χ1) is 8.16. The third kappa shape index (κ3) is 3.33. The number of aliphatic hydroxyl groups excluding tert-OH is 1. The summed E-state index contributed by atoms with van der Waals surface area (Å²) in [5.41, 5.74) is 5.98. The summed E-state index contributed by atoms with van der Waals surface area (Å²) in [5.74, 6) is 0.603. The second-order valence-corrected chi connectivity index (χ2v) is 5.11. The van der Waals surface area contributed by atoms with Gasteiger partial charge in [0.05, 0.1) is 0 Å². The van der Waals surface area contributed by atoms with Gasteiger partial charge in [0, 0.05) is 6.04 Å². The van der Waals surface area contributed by atoms with Crippen molar-refractivity contribution in [2.45, 2.75) is 56.8 Å². The number of carbonyl (C=O) groups is 1. The van der Waals surface area contributed by atoms with Crippen LogP contribution < -0.4 is 5.73 Å². The van der Waals surface area contributed by atoms with Crippen LogP contribution in [0, 0.1) is 5.92 Å². The molecule has 3 N–H and O–H groups in total. The maximum absolute atomic E-state index is 10.8. The van der Waals surface area contributed by atoms with Gasteiger partial charge in [0.15, 0.2) is 6.10 Å². The lowest BCUT2D eigenvalue weighted by Crippen LogP contribution is -2.45. The van der Waals surface area contributed by atoms with Crippen molar-refractivity contribution < 1.29 is 19.4 Å². The number of carbonyl (C=O) groups excluding carboxylic acids is 1. The van der Waals surface area contributed by atoms with E-state index in [-0.39, 0.29) is 12.6 Å². The molecular weight excluding hydrogens is 222 g/mol. The number of hydrogen-bond donors (Lipinski definition) is 2. The monoisotopic (exact) mass is 243 g/mol. The second-order valence-electron chi connectivity index (χ2n) is 5.11. The molecule has 98 valence electrons. The molecule has 1 aliphatic heterocycles. The van der Waals surface area contributed by atoms with Crippen molar-refractivity contribution in [2.24, 2.45) is 11.7 Å². The average molecular weight is 243 g/mol. The highest BCUT2D eigenvalue weighted by molar-refractivity contribution is 5.61. The van der Waals surface area contributed by atoms with Gasteiger partial charge in [-0.15, -0.1) is 0 Å². The highest BCUT2D eigenvalue weighted by atomic mass is 16.8. The number of rotatable bonds is 4. The van der Waals surface area contributed by atoms with E-state index in [1.165, 1.54) is 32.1 Å². The minimum Gasteiger partial charge on any atom is -0.430 e. The molecule has 1 aliphatic carbocycles. The Hall–Kier alpha value is -0.810. The summed E-state index contributed by atoms with van der Waals surface area (Å²) in [7, 11) is 0. The van der Waals surface area contributed by atoms with Gasteiger partial charge < -0.3 is 20.3 Å². The van der Waals surface area contributed by atoms with Gasteiger partial charge >= 0.3 is 6.16 Å². The van der Waals surface area contributed by atoms with Crippen LogP contribution in [0.2, 0.25) is 0 Å². The Morgan fingerprint density at radius 2 is 2.06 bits per heavy atom. The minimum absolute atomic E-state index is 0.109. The first-order valence-electron chi connectivity index (χ1n) is 6.44. The fourth-order valence-electron chi connectivity index (χ4n) is 2.73. The van der Waals surface area contributed by atoms with Crippen molar-refractivity contribution in [1.82, 2.24) is 0 Å². The van der Waals surface area contributed by atoms with E-state index in [2.05, 4.69) is 4.74 Å². The quantitative estimate of drug-likeness (QED) is 0.724.